The summed E-state index contributed by atoms with van der Waals surface area (Å²) in [6, 6.07) is 0.137. The smallest absolute Gasteiger partial charge is 0.322 e. The second-order valence-corrected chi connectivity index (χ2v) is 3.13. The van der Waals surface area contributed by atoms with Gasteiger partial charge in [0.1, 0.15) is 0 Å². The number of hydrogen-bond acceptors (Lipinski definition) is 7. The zero-order valence-corrected chi connectivity index (χ0v) is 9.86. The summed E-state index contributed by atoms with van der Waals surface area (Å²) in [7, 11) is 1.44. The molecular weight excluding hydrogens is 224 g/mol. The predicted molar refractivity (Wildman–Crippen MR) is 62.6 cm³/mol. The van der Waals surface area contributed by atoms with Crippen LogP contribution in [0.2, 0.25) is 0 Å². The van der Waals surface area contributed by atoms with Crippen LogP contribution in [0.4, 0.5) is 11.9 Å². The van der Waals surface area contributed by atoms with E-state index in [9.17, 15) is 4.79 Å². The highest BCUT2D eigenvalue weighted by molar-refractivity contribution is 5.76. The molecule has 0 unspecified atom stereocenters. The second kappa shape index (κ2) is 6.46. The molecule has 0 bridgehead atoms. The summed E-state index contributed by atoms with van der Waals surface area (Å²) < 4.78 is 4.84. The number of ether oxygens (including phenoxy) is 1. The number of carbonyl (C=O) groups excluding carboxylic acids is 1. The lowest BCUT2D eigenvalue weighted by Crippen LogP contribution is -2.25. The van der Waals surface area contributed by atoms with Crippen LogP contribution in [0.15, 0.2) is 0 Å². The Bertz CT molecular complexity index is 384. The van der Waals surface area contributed by atoms with Gasteiger partial charge in [-0.3, -0.25) is 4.79 Å². The Hall–Kier alpha value is -2.12. The molecule has 0 spiro atoms. The minimum Gasteiger partial charge on any atom is -0.467 e. The summed E-state index contributed by atoms with van der Waals surface area (Å²) in [5.41, 5.74) is 5.45. The number of methoxy groups -OCH3 is 1. The number of anilines is 2. The molecule has 1 aromatic heterocycles. The molecular formula is C9H16N6O2. The number of nitrogens with two attached hydrogens (primary N) is 1. The van der Waals surface area contributed by atoms with Crippen LogP contribution >= 0.6 is 0 Å². The molecule has 1 amide bonds. The normalized spacial score (nSPS) is 9.76. The fourth-order valence-electron chi connectivity index (χ4n) is 1.12. The van der Waals surface area contributed by atoms with Crippen LogP contribution in [0.5, 0.6) is 6.01 Å². The van der Waals surface area contributed by atoms with Gasteiger partial charge in [-0.05, 0) is 6.92 Å². The van der Waals surface area contributed by atoms with E-state index in [0.717, 1.165) is 0 Å². The van der Waals surface area contributed by atoms with Crippen molar-refractivity contribution < 1.29 is 9.53 Å². The molecule has 0 fully saturated rings. The van der Waals surface area contributed by atoms with Gasteiger partial charge in [0.25, 0.3) is 0 Å². The monoisotopic (exact) mass is 240 g/mol. The van der Waals surface area contributed by atoms with Crippen molar-refractivity contribution in [3.63, 3.8) is 0 Å². The lowest BCUT2D eigenvalue weighted by Gasteiger charge is -2.06. The number of rotatable bonds is 6. The molecule has 0 atom stereocenters. The van der Waals surface area contributed by atoms with E-state index in [1.54, 1.807) is 0 Å². The maximum Gasteiger partial charge on any atom is 0.322 e. The van der Waals surface area contributed by atoms with Crippen LogP contribution in [-0.2, 0) is 4.79 Å². The van der Waals surface area contributed by atoms with Gasteiger partial charge in [-0.1, -0.05) is 0 Å². The van der Waals surface area contributed by atoms with Crippen molar-refractivity contribution in [2.45, 2.75) is 13.3 Å². The van der Waals surface area contributed by atoms with Crippen molar-refractivity contribution in [3.8, 4) is 6.01 Å². The molecule has 0 radical (unpaired) electrons. The highest BCUT2D eigenvalue weighted by atomic mass is 16.5. The van der Waals surface area contributed by atoms with Gasteiger partial charge in [0.05, 0.1) is 7.11 Å². The van der Waals surface area contributed by atoms with E-state index < -0.39 is 0 Å². The number of carbonyl (C=O) groups is 1. The van der Waals surface area contributed by atoms with Crippen molar-refractivity contribution in [2.75, 3.05) is 31.2 Å². The lowest BCUT2D eigenvalue weighted by atomic mass is 10.4. The summed E-state index contributed by atoms with van der Waals surface area (Å²) in [6.45, 7) is 2.90. The SMILES string of the molecule is CCNC(=O)CCNc1nc(N)nc(OC)n1. The van der Waals surface area contributed by atoms with Gasteiger partial charge >= 0.3 is 6.01 Å². The average molecular weight is 240 g/mol. The van der Waals surface area contributed by atoms with Crippen LogP contribution in [0.3, 0.4) is 0 Å². The molecule has 4 N–H and O–H groups in total. The third-order valence-corrected chi connectivity index (χ3v) is 1.82. The molecule has 17 heavy (non-hydrogen) atoms. The maximum atomic E-state index is 11.2. The molecule has 94 valence electrons. The molecule has 8 heteroatoms. The first kappa shape index (κ1) is 12.9. The van der Waals surface area contributed by atoms with Crippen LogP contribution in [0.25, 0.3) is 0 Å². The molecule has 1 aromatic rings. The Balaban J connectivity index is 2.46. The number of nitrogens with zero attached hydrogens (tertiary/aromatic N) is 3. The predicted octanol–water partition coefficient (Wildman–Crippen LogP) is -0.599. The lowest BCUT2D eigenvalue weighted by molar-refractivity contribution is -0.120. The summed E-state index contributed by atoms with van der Waals surface area (Å²) in [5.74, 6) is 0.324. The molecule has 1 heterocycles. The third-order valence-electron chi connectivity index (χ3n) is 1.82. The molecule has 0 aliphatic heterocycles. The van der Waals surface area contributed by atoms with Gasteiger partial charge < -0.3 is 21.1 Å². The van der Waals surface area contributed by atoms with Gasteiger partial charge in [0, 0.05) is 19.5 Å². The van der Waals surface area contributed by atoms with Crippen molar-refractivity contribution in [3.05, 3.63) is 0 Å². The van der Waals surface area contributed by atoms with E-state index in [0.29, 0.717) is 25.5 Å². The minimum absolute atomic E-state index is 0.0333. The largest absolute Gasteiger partial charge is 0.467 e. The second-order valence-electron chi connectivity index (χ2n) is 3.13. The number of nitrogen functional groups attached to an aromatic ring is 1. The van der Waals surface area contributed by atoms with Crippen molar-refractivity contribution in [2.24, 2.45) is 0 Å². The standard InChI is InChI=1S/C9H16N6O2/c1-3-11-6(16)4-5-12-8-13-7(10)14-9(15-8)17-2/h3-5H2,1-2H3,(H,11,16)(H3,10,12,13,14,15). The van der Waals surface area contributed by atoms with Crippen molar-refractivity contribution in [1.82, 2.24) is 20.3 Å². The summed E-state index contributed by atoms with van der Waals surface area (Å²) in [5, 5.41) is 5.55. The fourth-order valence-corrected chi connectivity index (χ4v) is 1.12. The highest BCUT2D eigenvalue weighted by Gasteiger charge is 2.04. The van der Waals surface area contributed by atoms with Crippen LogP contribution < -0.4 is 21.1 Å². The maximum absolute atomic E-state index is 11.2. The van der Waals surface area contributed by atoms with E-state index >= 15 is 0 Å². The Morgan fingerprint density at radius 2 is 2.18 bits per heavy atom. The van der Waals surface area contributed by atoms with E-state index in [-0.39, 0.29) is 17.9 Å². The molecule has 8 nitrogen and oxygen atoms in total. The third kappa shape index (κ3) is 4.49. The van der Waals surface area contributed by atoms with Crippen molar-refractivity contribution >= 4 is 17.8 Å². The summed E-state index contributed by atoms with van der Waals surface area (Å²) >= 11 is 0. The van der Waals surface area contributed by atoms with Crippen LogP contribution in [0.1, 0.15) is 13.3 Å². The van der Waals surface area contributed by atoms with Crippen molar-refractivity contribution in [1.29, 1.82) is 0 Å². The molecule has 0 aliphatic carbocycles. The number of nitrogens with one attached hydrogen (secondary N) is 2. The zero-order valence-electron chi connectivity index (χ0n) is 9.86. The average Bonchev–Trinajstić information content (AvgIpc) is 2.28. The van der Waals surface area contributed by atoms with Gasteiger partial charge in [0.15, 0.2) is 0 Å². The molecule has 0 aromatic carbocycles. The highest BCUT2D eigenvalue weighted by Crippen LogP contribution is 2.07. The quantitative estimate of drug-likeness (QED) is 0.608. The van der Waals surface area contributed by atoms with E-state index in [2.05, 4.69) is 25.6 Å². The molecule has 0 saturated heterocycles. The molecule has 1 rings (SSSR count). The van der Waals surface area contributed by atoms with Gasteiger partial charge in [0.2, 0.25) is 17.8 Å². The van der Waals surface area contributed by atoms with Crippen LogP contribution in [0, 0.1) is 0 Å². The summed E-state index contributed by atoms with van der Waals surface area (Å²) in [6.07, 6.45) is 0.335. The van der Waals surface area contributed by atoms with E-state index in [1.165, 1.54) is 7.11 Å². The van der Waals surface area contributed by atoms with E-state index in [1.807, 2.05) is 6.92 Å². The Morgan fingerprint density at radius 3 is 2.82 bits per heavy atom. The van der Waals surface area contributed by atoms with Gasteiger partial charge in [-0.25, -0.2) is 0 Å². The molecule has 0 saturated carbocycles. The topological polar surface area (TPSA) is 115 Å². The van der Waals surface area contributed by atoms with Crippen LogP contribution in [-0.4, -0.2) is 41.1 Å². The van der Waals surface area contributed by atoms with Gasteiger partial charge in [-0.15, -0.1) is 0 Å². The minimum atomic E-state index is -0.0333. The number of aromatic nitrogens is 3. The number of hydrogen-bond donors (Lipinski definition) is 3. The first-order valence-corrected chi connectivity index (χ1v) is 5.21. The Morgan fingerprint density at radius 1 is 1.41 bits per heavy atom. The molecule has 0 aliphatic rings. The van der Waals surface area contributed by atoms with E-state index in [4.69, 9.17) is 10.5 Å². The Labute approximate surface area is 99.0 Å². The fraction of sp³-hybridized carbons (Fsp3) is 0.556. The Kier molecular flexibility index (Phi) is 4.92. The first-order valence-electron chi connectivity index (χ1n) is 5.21. The summed E-state index contributed by atoms with van der Waals surface area (Å²) in [4.78, 5) is 22.7. The van der Waals surface area contributed by atoms with Gasteiger partial charge in [-0.2, -0.15) is 15.0 Å². The zero-order chi connectivity index (χ0) is 12.7. The first-order chi connectivity index (χ1) is 8.15. The number of amides is 1.